The smallest absolute Gasteiger partial charge is 0.227 e. The van der Waals surface area contributed by atoms with Gasteiger partial charge in [-0.05, 0) is 32.7 Å². The van der Waals surface area contributed by atoms with E-state index in [1.807, 2.05) is 13.8 Å². The van der Waals surface area contributed by atoms with Crippen LogP contribution in [0.4, 0.5) is 0 Å². The lowest BCUT2D eigenvalue weighted by molar-refractivity contribution is -0.131. The van der Waals surface area contributed by atoms with E-state index >= 15 is 0 Å². The Morgan fingerprint density at radius 1 is 1.18 bits per heavy atom. The Kier molecular flexibility index (Phi) is 13.7. The molecule has 0 atom stereocenters. The summed E-state index contributed by atoms with van der Waals surface area (Å²) in [7, 11) is 2.18. The lowest BCUT2D eigenvalue weighted by Crippen LogP contribution is -2.47. The lowest BCUT2D eigenvalue weighted by atomic mass is 9.81. The predicted octanol–water partition coefficient (Wildman–Crippen LogP) is 2.98. The fourth-order valence-corrected chi connectivity index (χ4v) is 3.19. The molecule has 1 fully saturated rings. The Balaban J connectivity index is 0. The summed E-state index contributed by atoms with van der Waals surface area (Å²) in [5.74, 6) is 0.127. The van der Waals surface area contributed by atoms with Crippen molar-refractivity contribution >= 4 is 30.7 Å². The van der Waals surface area contributed by atoms with Crippen molar-refractivity contribution in [1.29, 1.82) is 0 Å². The van der Waals surface area contributed by atoms with E-state index in [-0.39, 0.29) is 36.1 Å². The minimum atomic E-state index is -0.372. The molecule has 0 unspecified atom stereocenters. The summed E-state index contributed by atoms with van der Waals surface area (Å²) in [6.07, 6.45) is 8.32. The molecule has 6 heteroatoms. The Bertz CT molecular complexity index is 285. The summed E-state index contributed by atoms with van der Waals surface area (Å²) in [4.78, 5) is 14.7. The van der Waals surface area contributed by atoms with Gasteiger partial charge in [0.15, 0.2) is 0 Å². The van der Waals surface area contributed by atoms with Crippen LogP contribution in [0.15, 0.2) is 0 Å². The Labute approximate surface area is 148 Å². The molecule has 0 aromatic heterocycles. The van der Waals surface area contributed by atoms with Crippen molar-refractivity contribution in [3.63, 3.8) is 0 Å². The first-order valence-electron chi connectivity index (χ1n) is 8.28. The van der Waals surface area contributed by atoms with Gasteiger partial charge in [-0.1, -0.05) is 33.1 Å². The SMILES string of the molecule is CCC(CC)(CN)C(=O)NCCN(C)C1CCCCC1.Cl.Cl. The zero-order valence-electron chi connectivity index (χ0n) is 14.4. The molecule has 0 radical (unpaired) electrons. The molecule has 1 saturated carbocycles. The summed E-state index contributed by atoms with van der Waals surface area (Å²) in [6, 6.07) is 0.706. The monoisotopic (exact) mass is 355 g/mol. The molecule has 0 aromatic carbocycles. The number of amides is 1. The van der Waals surface area contributed by atoms with Crippen molar-refractivity contribution in [2.45, 2.75) is 64.8 Å². The number of carbonyl (C=O) groups is 1. The van der Waals surface area contributed by atoms with E-state index in [4.69, 9.17) is 5.73 Å². The zero-order chi connectivity index (χ0) is 15.0. The summed E-state index contributed by atoms with van der Waals surface area (Å²) in [5, 5.41) is 3.09. The van der Waals surface area contributed by atoms with Crippen molar-refractivity contribution in [3.05, 3.63) is 0 Å². The van der Waals surface area contributed by atoms with Crippen LogP contribution in [0.25, 0.3) is 0 Å². The van der Waals surface area contributed by atoms with E-state index in [1.54, 1.807) is 0 Å². The highest BCUT2D eigenvalue weighted by molar-refractivity contribution is 5.85. The normalized spacial score (nSPS) is 15.9. The maximum atomic E-state index is 12.3. The molecular weight excluding hydrogens is 321 g/mol. The molecule has 22 heavy (non-hydrogen) atoms. The van der Waals surface area contributed by atoms with Gasteiger partial charge >= 0.3 is 0 Å². The van der Waals surface area contributed by atoms with Crippen molar-refractivity contribution in [3.8, 4) is 0 Å². The Morgan fingerprint density at radius 3 is 2.18 bits per heavy atom. The van der Waals surface area contributed by atoms with Crippen LogP contribution < -0.4 is 11.1 Å². The third-order valence-electron chi connectivity index (χ3n) is 5.17. The molecule has 1 amide bonds. The first kappa shape index (κ1) is 24.2. The van der Waals surface area contributed by atoms with Crippen molar-refractivity contribution < 1.29 is 4.79 Å². The minimum absolute atomic E-state index is 0. The summed E-state index contributed by atoms with van der Waals surface area (Å²) < 4.78 is 0. The average molecular weight is 356 g/mol. The second kappa shape index (κ2) is 12.4. The number of hydrogen-bond donors (Lipinski definition) is 2. The van der Waals surface area contributed by atoms with Gasteiger partial charge in [-0.3, -0.25) is 4.79 Å². The van der Waals surface area contributed by atoms with Crippen LogP contribution in [0.3, 0.4) is 0 Å². The number of rotatable bonds is 8. The third-order valence-corrected chi connectivity index (χ3v) is 5.17. The minimum Gasteiger partial charge on any atom is -0.354 e. The van der Waals surface area contributed by atoms with E-state index in [1.165, 1.54) is 32.1 Å². The van der Waals surface area contributed by atoms with E-state index in [2.05, 4.69) is 17.3 Å². The Morgan fingerprint density at radius 2 is 1.73 bits per heavy atom. The maximum Gasteiger partial charge on any atom is 0.227 e. The highest BCUT2D eigenvalue weighted by Crippen LogP contribution is 2.25. The number of nitrogens with zero attached hydrogens (tertiary/aromatic N) is 1. The van der Waals surface area contributed by atoms with Crippen LogP contribution >= 0.6 is 24.8 Å². The van der Waals surface area contributed by atoms with Crippen LogP contribution in [0, 0.1) is 5.41 Å². The summed E-state index contributed by atoms with van der Waals surface area (Å²) in [5.41, 5.74) is 5.44. The van der Waals surface area contributed by atoms with E-state index < -0.39 is 0 Å². The molecular formula is C16H35Cl2N3O. The number of nitrogens with one attached hydrogen (secondary N) is 1. The third kappa shape index (κ3) is 6.61. The summed E-state index contributed by atoms with van der Waals surface area (Å²) >= 11 is 0. The first-order chi connectivity index (χ1) is 9.59. The molecule has 3 N–H and O–H groups in total. The standard InChI is InChI=1S/C16H33N3O.2ClH/c1-4-16(5-2,13-17)15(20)18-11-12-19(3)14-9-7-6-8-10-14;;/h14H,4-13,17H2,1-3H3,(H,18,20);2*1H. The summed E-state index contributed by atoms with van der Waals surface area (Å²) in [6.45, 7) is 6.19. The van der Waals surface area contributed by atoms with Crippen molar-refractivity contribution in [1.82, 2.24) is 10.2 Å². The van der Waals surface area contributed by atoms with Gasteiger partial charge in [0, 0.05) is 25.7 Å². The van der Waals surface area contributed by atoms with Crippen molar-refractivity contribution in [2.75, 3.05) is 26.7 Å². The van der Waals surface area contributed by atoms with Crippen LogP contribution in [-0.2, 0) is 4.79 Å². The molecule has 0 aromatic rings. The number of halogens is 2. The predicted molar refractivity (Wildman–Crippen MR) is 99.1 cm³/mol. The van der Waals surface area contributed by atoms with E-state index in [9.17, 15) is 4.79 Å². The molecule has 0 aliphatic heterocycles. The highest BCUT2D eigenvalue weighted by Gasteiger charge is 2.33. The largest absolute Gasteiger partial charge is 0.354 e. The molecule has 4 nitrogen and oxygen atoms in total. The van der Waals surface area contributed by atoms with E-state index in [0.29, 0.717) is 12.6 Å². The number of carbonyl (C=O) groups excluding carboxylic acids is 1. The van der Waals surface area contributed by atoms with Gasteiger partial charge in [0.1, 0.15) is 0 Å². The zero-order valence-corrected chi connectivity index (χ0v) is 16.0. The van der Waals surface area contributed by atoms with Gasteiger partial charge in [-0.2, -0.15) is 0 Å². The number of nitrogens with two attached hydrogens (primary N) is 1. The van der Waals surface area contributed by atoms with Gasteiger partial charge in [-0.25, -0.2) is 0 Å². The average Bonchev–Trinajstić information content (AvgIpc) is 2.50. The molecule has 1 rings (SSSR count). The fourth-order valence-electron chi connectivity index (χ4n) is 3.19. The fraction of sp³-hybridized carbons (Fsp3) is 0.938. The maximum absolute atomic E-state index is 12.3. The Hall–Kier alpha value is -0.0300. The molecule has 1 aliphatic rings. The van der Waals surface area contributed by atoms with Gasteiger partial charge in [-0.15, -0.1) is 24.8 Å². The molecule has 0 saturated heterocycles. The van der Waals surface area contributed by atoms with Crippen LogP contribution in [0.5, 0.6) is 0 Å². The molecule has 1 aliphatic carbocycles. The second-order valence-corrected chi connectivity index (χ2v) is 6.22. The molecule has 134 valence electrons. The number of likely N-dealkylation sites (N-methyl/N-ethyl adjacent to an activating group) is 1. The molecule has 0 spiro atoms. The van der Waals surface area contributed by atoms with Crippen LogP contribution in [0.1, 0.15) is 58.8 Å². The van der Waals surface area contributed by atoms with Gasteiger partial charge in [0.2, 0.25) is 5.91 Å². The van der Waals surface area contributed by atoms with Crippen LogP contribution in [0.2, 0.25) is 0 Å². The lowest BCUT2D eigenvalue weighted by Gasteiger charge is -2.32. The van der Waals surface area contributed by atoms with Gasteiger partial charge in [0.25, 0.3) is 0 Å². The molecule has 0 bridgehead atoms. The van der Waals surface area contributed by atoms with Crippen LogP contribution in [-0.4, -0.2) is 43.5 Å². The number of hydrogen-bond acceptors (Lipinski definition) is 3. The van der Waals surface area contributed by atoms with Gasteiger partial charge < -0.3 is 16.0 Å². The van der Waals surface area contributed by atoms with Crippen molar-refractivity contribution in [2.24, 2.45) is 11.1 Å². The molecule has 0 heterocycles. The highest BCUT2D eigenvalue weighted by atomic mass is 35.5. The topological polar surface area (TPSA) is 58.4 Å². The van der Waals surface area contributed by atoms with Gasteiger partial charge in [0.05, 0.1) is 5.41 Å². The quantitative estimate of drug-likeness (QED) is 0.703. The first-order valence-corrected chi connectivity index (χ1v) is 8.28. The second-order valence-electron chi connectivity index (χ2n) is 6.22. The van der Waals surface area contributed by atoms with E-state index in [0.717, 1.165) is 25.9 Å².